The van der Waals surface area contributed by atoms with Gasteiger partial charge < -0.3 is 41.1 Å². The van der Waals surface area contributed by atoms with Gasteiger partial charge in [-0.3, -0.25) is 4.98 Å². The molecule has 13 heteroatoms. The van der Waals surface area contributed by atoms with Crippen LogP contribution in [0.15, 0.2) is 30.6 Å². The first kappa shape index (κ1) is 36.4. The zero-order valence-electron chi connectivity index (χ0n) is 29.9. The van der Waals surface area contributed by atoms with Crippen molar-refractivity contribution in [3.8, 4) is 5.75 Å². The molecule has 4 saturated carbocycles. The Morgan fingerprint density at radius 3 is 2.52 bits per heavy atom. The molecule has 0 radical (unpaired) electrons. The van der Waals surface area contributed by atoms with Crippen molar-refractivity contribution < 1.29 is 38.3 Å². The molecule has 7 N–H and O–H groups in total. The van der Waals surface area contributed by atoms with Crippen LogP contribution in [0.2, 0.25) is 0 Å². The number of nitrogens with one attached hydrogen (secondary N) is 3. The fourth-order valence-corrected chi connectivity index (χ4v) is 11.6. The summed E-state index contributed by atoms with van der Waals surface area (Å²) in [5, 5.41) is 53.5. The number of aliphatic hydroxyl groups excluding tert-OH is 2. The molecule has 1 aromatic heterocycles. The lowest BCUT2D eigenvalue weighted by molar-refractivity contribution is -0.142. The molecule has 6 aliphatic rings. The van der Waals surface area contributed by atoms with Crippen LogP contribution in [-0.2, 0) is 17.3 Å². The van der Waals surface area contributed by atoms with Crippen molar-refractivity contribution >= 4 is 5.82 Å². The molecule has 2 aromatic rings. The molecule has 1 aliphatic heterocycles. The second kappa shape index (κ2) is 13.6. The van der Waals surface area contributed by atoms with Crippen LogP contribution in [0.1, 0.15) is 100 Å². The maximum atomic E-state index is 13.0. The van der Waals surface area contributed by atoms with Gasteiger partial charge in [0.1, 0.15) is 23.8 Å². The first-order valence-corrected chi connectivity index (χ1v) is 19.4. The summed E-state index contributed by atoms with van der Waals surface area (Å²) in [6, 6.07) is 5.94. The normalized spacial score (nSPS) is 41.0. The Bertz CT molecular complexity index is 1600. The Balaban J connectivity index is 0.728. The molecule has 9 atom stereocenters. The Morgan fingerprint density at radius 2 is 1.75 bits per heavy atom. The van der Waals surface area contributed by atoms with E-state index in [0.29, 0.717) is 53.7 Å². The van der Waals surface area contributed by atoms with Crippen LogP contribution >= 0.6 is 0 Å². The number of aromatic hydroxyl groups is 1. The van der Waals surface area contributed by atoms with Crippen molar-refractivity contribution in [1.29, 1.82) is 0 Å². The lowest BCUT2D eigenvalue weighted by atomic mass is 9.52. The van der Waals surface area contributed by atoms with Crippen molar-refractivity contribution in [3.05, 3.63) is 47.4 Å². The van der Waals surface area contributed by atoms with E-state index in [9.17, 15) is 33.6 Å². The number of aliphatic hydroxyl groups is 3. The Hall–Kier alpha value is -2.55. The van der Waals surface area contributed by atoms with Gasteiger partial charge in [-0.1, -0.05) is 13.0 Å². The number of ether oxygens (including phenoxy) is 1. The average molecular weight is 730 g/mol. The maximum absolute atomic E-state index is 13.0. The van der Waals surface area contributed by atoms with Crippen LogP contribution in [0.5, 0.6) is 5.75 Å². The van der Waals surface area contributed by atoms with Gasteiger partial charge in [-0.05, 0) is 135 Å². The Kier molecular flexibility index (Phi) is 9.55. The standard InChI is InChI=1S/C39H54F3N5O5/c1-36-10-7-27-26-6-4-25(48)13-22(26)3-5-28(27)29(36)8-11-38(36,51)9-2-12-44-23-14-37(15-23)16-24(17-37)45-18-31-35(50)34(49)30(21-52-31)46-33-20-43-19-32(47-33)39(40,41)42/h4,6,13,19-20,23-24,27-31,34-35,44-45,48-51H,2-3,5,7-12,14-18,21H2,1H3,(H,46,47)/t23?,24?,27-,28-,29+,30+,31-,34-,35+,36+,37?,38+/m1/s1. The summed E-state index contributed by atoms with van der Waals surface area (Å²) in [5.41, 5.74) is 1.31. The minimum Gasteiger partial charge on any atom is -0.508 e. The minimum atomic E-state index is -4.64. The number of hydrogen-bond donors (Lipinski definition) is 7. The quantitative estimate of drug-likeness (QED) is 0.172. The van der Waals surface area contributed by atoms with Crippen molar-refractivity contribution in [3.63, 3.8) is 0 Å². The van der Waals surface area contributed by atoms with Gasteiger partial charge in [0.15, 0.2) is 5.69 Å². The number of anilines is 1. The molecule has 2 heterocycles. The number of aromatic nitrogens is 2. The zero-order chi connectivity index (χ0) is 36.5. The molecule has 286 valence electrons. The third-order valence-electron chi connectivity index (χ3n) is 14.4. The van der Waals surface area contributed by atoms with Crippen LogP contribution in [0.4, 0.5) is 19.0 Å². The van der Waals surface area contributed by atoms with Crippen molar-refractivity contribution in [2.75, 3.05) is 25.0 Å². The number of nitrogens with zero attached hydrogens (tertiary/aromatic N) is 2. The van der Waals surface area contributed by atoms with Crippen LogP contribution in [0, 0.1) is 22.7 Å². The molecule has 5 aliphatic carbocycles. The first-order chi connectivity index (χ1) is 24.8. The molecular formula is C39H54F3N5O5. The predicted octanol–water partition coefficient (Wildman–Crippen LogP) is 4.66. The molecule has 8 rings (SSSR count). The number of rotatable bonds is 10. The topological polar surface area (TPSA) is 152 Å². The number of halogens is 3. The fraction of sp³-hybridized carbons (Fsp3) is 0.744. The van der Waals surface area contributed by atoms with Crippen LogP contribution in [-0.4, -0.2) is 92.1 Å². The van der Waals surface area contributed by atoms with Crippen molar-refractivity contribution in [1.82, 2.24) is 20.6 Å². The summed E-state index contributed by atoms with van der Waals surface area (Å²) < 4.78 is 44.8. The highest BCUT2D eigenvalue weighted by Gasteiger charge is 2.61. The van der Waals surface area contributed by atoms with E-state index in [4.69, 9.17) is 4.74 Å². The molecule has 52 heavy (non-hydrogen) atoms. The van der Waals surface area contributed by atoms with Crippen LogP contribution in [0.3, 0.4) is 0 Å². The summed E-state index contributed by atoms with van der Waals surface area (Å²) in [6.07, 6.45) is 6.63. The molecule has 0 unspecified atom stereocenters. The predicted molar refractivity (Wildman–Crippen MR) is 188 cm³/mol. The highest BCUT2D eigenvalue weighted by atomic mass is 19.4. The van der Waals surface area contributed by atoms with Gasteiger partial charge in [0.05, 0.1) is 36.7 Å². The lowest BCUT2D eigenvalue weighted by Gasteiger charge is -2.58. The van der Waals surface area contributed by atoms with Gasteiger partial charge in [-0.15, -0.1) is 0 Å². The van der Waals surface area contributed by atoms with E-state index in [2.05, 4.69) is 38.9 Å². The number of benzene rings is 1. The largest absolute Gasteiger partial charge is 0.508 e. The molecule has 1 spiro atoms. The van der Waals surface area contributed by atoms with Gasteiger partial charge >= 0.3 is 6.18 Å². The molecule has 1 saturated heterocycles. The summed E-state index contributed by atoms with van der Waals surface area (Å²) in [6.45, 7) is 3.67. The second-order valence-electron chi connectivity index (χ2n) is 17.4. The number of phenols is 1. The van der Waals surface area contributed by atoms with Crippen LogP contribution < -0.4 is 16.0 Å². The summed E-state index contributed by atoms with van der Waals surface area (Å²) in [4.78, 5) is 7.10. The SMILES string of the molecule is C[C@]12CC[C@@H]3c4ccc(O)cc4CC[C@H]3[C@@H]1CC[C@@]2(O)CCCNC1CC2(C1)CC(NC[C@H]1OC[C@H](Nc3cncc(C(F)(F)F)n3)[C@@H](O)[C@H]1O)C2. The number of hydrogen-bond acceptors (Lipinski definition) is 10. The third-order valence-corrected chi connectivity index (χ3v) is 14.4. The molecule has 10 nitrogen and oxygen atoms in total. The van der Waals surface area contributed by atoms with E-state index in [1.54, 1.807) is 0 Å². The monoisotopic (exact) mass is 729 g/mol. The maximum Gasteiger partial charge on any atom is 0.434 e. The van der Waals surface area contributed by atoms with E-state index in [0.717, 1.165) is 89.8 Å². The van der Waals surface area contributed by atoms with E-state index >= 15 is 0 Å². The fourth-order valence-electron chi connectivity index (χ4n) is 11.6. The van der Waals surface area contributed by atoms with Gasteiger partial charge in [-0.2, -0.15) is 13.2 Å². The summed E-state index contributed by atoms with van der Waals surface area (Å²) >= 11 is 0. The van der Waals surface area contributed by atoms with Gasteiger partial charge in [0.25, 0.3) is 0 Å². The molecule has 5 fully saturated rings. The highest BCUT2D eigenvalue weighted by molar-refractivity contribution is 5.40. The van der Waals surface area contributed by atoms with Gasteiger partial charge in [0, 0.05) is 18.6 Å². The van der Waals surface area contributed by atoms with Crippen LogP contribution in [0.25, 0.3) is 0 Å². The summed E-state index contributed by atoms with van der Waals surface area (Å²) in [7, 11) is 0. The van der Waals surface area contributed by atoms with Gasteiger partial charge in [-0.25, -0.2) is 4.98 Å². The number of aryl methyl sites for hydroxylation is 1. The molecule has 0 bridgehead atoms. The molecule has 0 amide bonds. The van der Waals surface area contributed by atoms with E-state index in [-0.39, 0.29) is 17.8 Å². The van der Waals surface area contributed by atoms with Crippen molar-refractivity contribution in [2.24, 2.45) is 22.7 Å². The highest BCUT2D eigenvalue weighted by Crippen LogP contribution is 2.65. The lowest BCUT2D eigenvalue weighted by Crippen LogP contribution is -2.62. The first-order valence-electron chi connectivity index (χ1n) is 19.4. The Labute approximate surface area is 303 Å². The zero-order valence-corrected chi connectivity index (χ0v) is 29.9. The number of alkyl halides is 3. The number of phenolic OH excluding ortho intramolecular Hbond substituents is 1. The Morgan fingerprint density at radius 1 is 0.981 bits per heavy atom. The smallest absolute Gasteiger partial charge is 0.434 e. The molecular weight excluding hydrogens is 675 g/mol. The summed E-state index contributed by atoms with van der Waals surface area (Å²) in [5.74, 6) is 1.94. The second-order valence-corrected chi connectivity index (χ2v) is 17.4. The van der Waals surface area contributed by atoms with E-state index < -0.39 is 41.8 Å². The van der Waals surface area contributed by atoms with E-state index in [1.807, 2.05) is 12.1 Å². The molecule has 1 aromatic carbocycles. The van der Waals surface area contributed by atoms with E-state index in [1.165, 1.54) is 11.1 Å². The van der Waals surface area contributed by atoms with Gasteiger partial charge in [0.2, 0.25) is 0 Å². The number of fused-ring (bicyclic) bond motifs is 5. The minimum absolute atomic E-state index is 0.00441. The third kappa shape index (κ3) is 6.61. The average Bonchev–Trinajstić information content (AvgIpc) is 3.35. The van der Waals surface area contributed by atoms with Crippen molar-refractivity contribution in [2.45, 2.75) is 138 Å².